The van der Waals surface area contributed by atoms with Gasteiger partial charge in [0.05, 0.1) is 12.5 Å². The third kappa shape index (κ3) is 8.13. The predicted molar refractivity (Wildman–Crippen MR) is 86.4 cm³/mol. The second-order valence-electron chi connectivity index (χ2n) is 5.11. The number of nitrogens with two attached hydrogens (primary N) is 1. The summed E-state index contributed by atoms with van der Waals surface area (Å²) in [7, 11) is 0. The lowest BCUT2D eigenvalue weighted by atomic mass is 10.1. The molecule has 0 fully saturated rings. The van der Waals surface area contributed by atoms with Gasteiger partial charge in [0.25, 0.3) is 0 Å². The first-order valence-corrected chi connectivity index (χ1v) is 8.47. The van der Waals surface area contributed by atoms with Gasteiger partial charge in [-0.2, -0.15) is 11.8 Å². The Morgan fingerprint density at radius 1 is 1.08 bits per heavy atom. The number of aliphatic hydroxyl groups is 1. The Bertz CT molecular complexity index is 472. The van der Waals surface area contributed by atoms with E-state index in [0.717, 1.165) is 0 Å². The summed E-state index contributed by atoms with van der Waals surface area (Å²) in [5.74, 6) is -4.02. The minimum Gasteiger partial charge on any atom is -0.481 e. The van der Waals surface area contributed by atoms with Crippen LogP contribution in [-0.4, -0.2) is 75.3 Å². The van der Waals surface area contributed by atoms with Crippen LogP contribution in [0.2, 0.25) is 0 Å². The molecular weight excluding hydrogens is 342 g/mol. The number of thioether (sulfide) groups is 1. The molecule has 0 bridgehead atoms. The maximum atomic E-state index is 12.1. The van der Waals surface area contributed by atoms with E-state index in [0.29, 0.717) is 5.75 Å². The van der Waals surface area contributed by atoms with Crippen LogP contribution >= 0.6 is 11.8 Å². The Morgan fingerprint density at radius 3 is 2.04 bits per heavy atom. The van der Waals surface area contributed by atoms with Crippen LogP contribution in [-0.2, 0) is 19.2 Å². The zero-order chi connectivity index (χ0) is 18.9. The van der Waals surface area contributed by atoms with Gasteiger partial charge in [-0.1, -0.05) is 0 Å². The predicted octanol–water partition coefficient (Wildman–Crippen LogP) is -2.02. The Morgan fingerprint density at radius 2 is 1.62 bits per heavy atom. The lowest BCUT2D eigenvalue weighted by molar-refractivity contribution is -0.143. The van der Waals surface area contributed by atoms with Crippen LogP contribution in [0.4, 0.5) is 0 Å². The van der Waals surface area contributed by atoms with Gasteiger partial charge in [-0.3, -0.25) is 14.4 Å². The van der Waals surface area contributed by atoms with E-state index in [9.17, 15) is 24.3 Å². The van der Waals surface area contributed by atoms with Gasteiger partial charge in [0, 0.05) is 0 Å². The molecule has 0 spiro atoms. The highest BCUT2D eigenvalue weighted by Gasteiger charge is 2.30. The minimum absolute atomic E-state index is 0.142. The number of amides is 2. The molecule has 7 N–H and O–H groups in total. The van der Waals surface area contributed by atoms with Crippen molar-refractivity contribution in [3.8, 4) is 0 Å². The summed E-state index contributed by atoms with van der Waals surface area (Å²) < 4.78 is 0. The van der Waals surface area contributed by atoms with Gasteiger partial charge in [0.2, 0.25) is 11.8 Å². The van der Waals surface area contributed by atoms with Crippen molar-refractivity contribution in [2.45, 2.75) is 44.0 Å². The van der Waals surface area contributed by atoms with Crippen LogP contribution in [0, 0.1) is 0 Å². The monoisotopic (exact) mass is 365 g/mol. The van der Waals surface area contributed by atoms with E-state index in [4.69, 9.17) is 15.9 Å². The average Bonchev–Trinajstić information content (AvgIpc) is 2.48. The van der Waals surface area contributed by atoms with E-state index < -0.39 is 54.4 Å². The van der Waals surface area contributed by atoms with Gasteiger partial charge < -0.3 is 31.7 Å². The summed E-state index contributed by atoms with van der Waals surface area (Å²) in [6.45, 7) is 1.26. The Kier molecular flexibility index (Phi) is 10.0. The first kappa shape index (κ1) is 22.1. The molecule has 2 amide bonds. The van der Waals surface area contributed by atoms with Gasteiger partial charge >= 0.3 is 11.9 Å². The highest BCUT2D eigenvalue weighted by atomic mass is 32.2. The fourth-order valence-corrected chi connectivity index (χ4v) is 2.11. The van der Waals surface area contributed by atoms with Crippen molar-refractivity contribution in [2.75, 3.05) is 12.0 Å². The highest BCUT2D eigenvalue weighted by molar-refractivity contribution is 7.98. The number of carboxylic acids is 2. The van der Waals surface area contributed by atoms with Gasteiger partial charge in [-0.25, -0.2) is 4.79 Å². The number of carbonyl (C=O) groups excluding carboxylic acids is 2. The summed E-state index contributed by atoms with van der Waals surface area (Å²) in [6, 6.07) is -4.06. The normalized spacial score (nSPS) is 15.7. The Balaban J connectivity index is 5.01. The molecule has 24 heavy (non-hydrogen) atoms. The van der Waals surface area contributed by atoms with E-state index in [2.05, 4.69) is 10.6 Å². The third-order valence-electron chi connectivity index (χ3n) is 3.06. The first-order valence-electron chi connectivity index (χ1n) is 7.08. The molecule has 0 aromatic rings. The molecule has 11 heteroatoms. The Labute approximate surface area is 143 Å². The minimum atomic E-state index is -1.50. The summed E-state index contributed by atoms with van der Waals surface area (Å²) in [5.41, 5.74) is 5.42. The molecule has 138 valence electrons. The van der Waals surface area contributed by atoms with Crippen molar-refractivity contribution in [2.24, 2.45) is 5.73 Å². The molecule has 0 aliphatic rings. The average molecular weight is 365 g/mol. The fraction of sp³-hybridized carbons (Fsp3) is 0.692. The van der Waals surface area contributed by atoms with Crippen molar-refractivity contribution >= 4 is 35.5 Å². The molecule has 0 aromatic carbocycles. The largest absolute Gasteiger partial charge is 0.481 e. The summed E-state index contributed by atoms with van der Waals surface area (Å²) in [5, 5.41) is 31.5. The van der Waals surface area contributed by atoms with Crippen molar-refractivity contribution < 1.29 is 34.5 Å². The molecule has 4 atom stereocenters. The lowest BCUT2D eigenvalue weighted by Crippen LogP contribution is -2.56. The molecular formula is C13H23N3O7S. The second-order valence-corrected chi connectivity index (χ2v) is 6.09. The van der Waals surface area contributed by atoms with Crippen molar-refractivity contribution in [3.63, 3.8) is 0 Å². The van der Waals surface area contributed by atoms with Crippen LogP contribution in [0.25, 0.3) is 0 Å². The maximum Gasteiger partial charge on any atom is 0.326 e. The van der Waals surface area contributed by atoms with E-state index >= 15 is 0 Å². The van der Waals surface area contributed by atoms with Crippen LogP contribution in [0.15, 0.2) is 0 Å². The van der Waals surface area contributed by atoms with E-state index in [1.807, 2.05) is 0 Å². The number of aliphatic hydroxyl groups excluding tert-OH is 1. The van der Waals surface area contributed by atoms with E-state index in [1.165, 1.54) is 18.7 Å². The SMILES string of the molecule is CSCC[C@H](NC(=O)[C@H](CC(=O)O)NC(=O)[C@@H](N)[C@@H](C)O)C(=O)O. The fourth-order valence-electron chi connectivity index (χ4n) is 1.64. The summed E-state index contributed by atoms with van der Waals surface area (Å²) in [4.78, 5) is 45.9. The molecule has 0 heterocycles. The number of carbonyl (C=O) groups is 4. The van der Waals surface area contributed by atoms with Crippen LogP contribution in [0.5, 0.6) is 0 Å². The van der Waals surface area contributed by atoms with Crippen molar-refractivity contribution in [1.29, 1.82) is 0 Å². The molecule has 0 aliphatic heterocycles. The van der Waals surface area contributed by atoms with Crippen LogP contribution in [0.1, 0.15) is 19.8 Å². The zero-order valence-electron chi connectivity index (χ0n) is 13.4. The number of aliphatic carboxylic acids is 2. The summed E-state index contributed by atoms with van der Waals surface area (Å²) in [6.07, 6.45) is -0.0415. The van der Waals surface area contributed by atoms with E-state index in [1.54, 1.807) is 6.26 Å². The number of carboxylic acid groups (broad SMARTS) is 2. The van der Waals surface area contributed by atoms with Crippen molar-refractivity contribution in [3.05, 3.63) is 0 Å². The standard InChI is InChI=1S/C13H23N3O7S/c1-6(17)10(14)12(21)16-8(5-9(18)19)11(20)15-7(13(22)23)3-4-24-2/h6-8,10,17H,3-5,14H2,1-2H3,(H,15,20)(H,16,21)(H,18,19)(H,22,23)/t6-,7+,8+,10+/m1/s1. The van der Waals surface area contributed by atoms with Gasteiger partial charge in [0.1, 0.15) is 18.1 Å². The number of hydrogen-bond acceptors (Lipinski definition) is 7. The molecule has 0 saturated carbocycles. The topological polar surface area (TPSA) is 179 Å². The molecule has 0 radical (unpaired) electrons. The maximum absolute atomic E-state index is 12.1. The Hall–Kier alpha value is -1.85. The molecule has 0 unspecified atom stereocenters. The molecule has 0 aliphatic carbocycles. The molecule has 0 saturated heterocycles. The van der Waals surface area contributed by atoms with Gasteiger partial charge in [-0.15, -0.1) is 0 Å². The van der Waals surface area contributed by atoms with Gasteiger partial charge in [-0.05, 0) is 25.4 Å². The van der Waals surface area contributed by atoms with E-state index in [-0.39, 0.29) is 6.42 Å². The smallest absolute Gasteiger partial charge is 0.326 e. The van der Waals surface area contributed by atoms with Crippen molar-refractivity contribution in [1.82, 2.24) is 10.6 Å². The van der Waals surface area contributed by atoms with Crippen LogP contribution < -0.4 is 16.4 Å². The second kappa shape index (κ2) is 10.8. The number of hydrogen-bond donors (Lipinski definition) is 6. The third-order valence-corrected chi connectivity index (χ3v) is 3.70. The quantitative estimate of drug-likeness (QED) is 0.241. The molecule has 10 nitrogen and oxygen atoms in total. The van der Waals surface area contributed by atoms with Crippen LogP contribution in [0.3, 0.4) is 0 Å². The lowest BCUT2D eigenvalue weighted by Gasteiger charge is -2.22. The number of nitrogens with one attached hydrogen (secondary N) is 2. The summed E-state index contributed by atoms with van der Waals surface area (Å²) >= 11 is 1.39. The highest BCUT2D eigenvalue weighted by Crippen LogP contribution is 2.03. The zero-order valence-corrected chi connectivity index (χ0v) is 14.2. The molecule has 0 aromatic heterocycles. The molecule has 0 rings (SSSR count). The van der Waals surface area contributed by atoms with Gasteiger partial charge in [0.15, 0.2) is 0 Å². The first-order chi connectivity index (χ1) is 11.1. The number of rotatable bonds is 11.